The Balaban J connectivity index is 2.00. The van der Waals surface area contributed by atoms with Gasteiger partial charge in [-0.05, 0) is 51.5 Å². The molecular formula is C28H32ClN3O3. The van der Waals surface area contributed by atoms with Gasteiger partial charge in [0.2, 0.25) is 0 Å². The molecule has 0 aliphatic heterocycles. The summed E-state index contributed by atoms with van der Waals surface area (Å²) in [7, 11) is 1.80. The van der Waals surface area contributed by atoms with E-state index in [2.05, 4.69) is 9.98 Å². The van der Waals surface area contributed by atoms with Crippen LogP contribution >= 0.6 is 11.6 Å². The zero-order chi connectivity index (χ0) is 25.7. The Labute approximate surface area is 212 Å². The molecule has 1 aromatic carbocycles. The number of ether oxygens (including phenoxy) is 2. The Hall–Kier alpha value is -3.25. The van der Waals surface area contributed by atoms with Crippen LogP contribution in [0.2, 0.25) is 5.02 Å². The number of aryl methyl sites for hydroxylation is 1. The zero-order valence-electron chi connectivity index (χ0n) is 21.3. The number of carbonyl (C=O) groups excluding carboxylic acids is 1. The molecule has 0 amide bonds. The van der Waals surface area contributed by atoms with Crippen molar-refractivity contribution in [1.29, 1.82) is 0 Å². The molecule has 7 heteroatoms. The number of aromatic nitrogens is 2. The Morgan fingerprint density at radius 3 is 2.63 bits per heavy atom. The van der Waals surface area contributed by atoms with Gasteiger partial charge in [0.1, 0.15) is 24.0 Å². The second-order valence-electron chi connectivity index (χ2n) is 8.69. The van der Waals surface area contributed by atoms with Crippen LogP contribution in [0.3, 0.4) is 0 Å². The minimum absolute atomic E-state index is 0.151. The van der Waals surface area contributed by atoms with E-state index in [9.17, 15) is 4.79 Å². The maximum absolute atomic E-state index is 12.1. The molecule has 1 atom stereocenters. The molecule has 0 bridgehead atoms. The number of hydrogen-bond donors (Lipinski definition) is 0. The van der Waals surface area contributed by atoms with Gasteiger partial charge in [0, 0.05) is 35.5 Å². The third kappa shape index (κ3) is 5.88. The largest absolute Gasteiger partial charge is 0.486 e. The number of pyridine rings is 2. The fourth-order valence-electron chi connectivity index (χ4n) is 3.80. The van der Waals surface area contributed by atoms with E-state index in [-0.39, 0.29) is 18.5 Å². The van der Waals surface area contributed by atoms with Crippen LogP contribution in [-0.4, -0.2) is 28.7 Å². The van der Waals surface area contributed by atoms with Crippen molar-refractivity contribution in [3.63, 3.8) is 0 Å². The first kappa shape index (κ1) is 26.4. The number of benzene rings is 1. The lowest BCUT2D eigenvalue weighted by atomic mass is 9.98. The van der Waals surface area contributed by atoms with Crippen LogP contribution in [0.15, 0.2) is 53.2 Å². The van der Waals surface area contributed by atoms with E-state index in [1.165, 1.54) is 0 Å². The predicted octanol–water partition coefficient (Wildman–Crippen LogP) is 6.82. The second kappa shape index (κ2) is 11.5. The number of carbonyl (C=O) groups is 1. The van der Waals surface area contributed by atoms with Crippen molar-refractivity contribution in [2.45, 2.75) is 54.3 Å². The molecule has 0 spiro atoms. The van der Waals surface area contributed by atoms with Gasteiger partial charge < -0.3 is 9.47 Å². The number of aliphatic imine (C=N–C) groups is 1. The van der Waals surface area contributed by atoms with E-state index in [0.29, 0.717) is 22.0 Å². The van der Waals surface area contributed by atoms with Gasteiger partial charge in [-0.2, -0.15) is 0 Å². The van der Waals surface area contributed by atoms with Crippen LogP contribution in [0.1, 0.15) is 63.2 Å². The second-order valence-corrected chi connectivity index (χ2v) is 9.09. The Morgan fingerprint density at radius 2 is 1.97 bits per heavy atom. The number of allylic oxidation sites excluding steroid dienone is 2. The standard InChI is InChI=1S/C28H32ClN3O3/c1-8-17(4)25(30-7)21-14-18(5)32-27-20(21)10-9-11-24(27)34-15-22-23(29)12-13-31-26(22)19(6)35-28(33)16(2)3/h8-14,16,19H,15H2,1-7H3. The topological polar surface area (TPSA) is 73.7 Å². The van der Waals surface area contributed by atoms with Gasteiger partial charge in [-0.3, -0.25) is 14.8 Å². The minimum atomic E-state index is -0.561. The Kier molecular flexibility index (Phi) is 8.62. The van der Waals surface area contributed by atoms with Crippen molar-refractivity contribution < 1.29 is 14.3 Å². The molecule has 2 aromatic heterocycles. The third-order valence-electron chi connectivity index (χ3n) is 5.77. The Morgan fingerprint density at radius 1 is 1.23 bits per heavy atom. The van der Waals surface area contributed by atoms with Crippen LogP contribution in [0.25, 0.3) is 10.9 Å². The van der Waals surface area contributed by atoms with E-state index in [1.54, 1.807) is 40.1 Å². The van der Waals surface area contributed by atoms with Gasteiger partial charge >= 0.3 is 5.97 Å². The molecule has 0 saturated heterocycles. The fraction of sp³-hybridized carbons (Fsp3) is 0.357. The van der Waals surface area contributed by atoms with Gasteiger partial charge in [0.25, 0.3) is 0 Å². The van der Waals surface area contributed by atoms with Crippen LogP contribution in [-0.2, 0) is 16.1 Å². The average molecular weight is 494 g/mol. The number of rotatable bonds is 8. The summed E-state index contributed by atoms with van der Waals surface area (Å²) in [6.07, 6.45) is 3.09. The zero-order valence-corrected chi connectivity index (χ0v) is 22.1. The summed E-state index contributed by atoms with van der Waals surface area (Å²) < 4.78 is 11.8. The lowest BCUT2D eigenvalue weighted by Gasteiger charge is -2.19. The highest BCUT2D eigenvalue weighted by Crippen LogP contribution is 2.31. The van der Waals surface area contributed by atoms with Gasteiger partial charge in [0.15, 0.2) is 0 Å². The number of halogens is 1. The molecule has 6 nitrogen and oxygen atoms in total. The predicted molar refractivity (Wildman–Crippen MR) is 141 cm³/mol. The SMILES string of the molecule is CC=C(C)C(=NC)c1cc(C)nc2c(OCc3c(Cl)ccnc3C(C)OC(=O)C(C)C)cccc12. The first-order valence-corrected chi connectivity index (χ1v) is 12.0. The molecule has 0 radical (unpaired) electrons. The number of esters is 1. The summed E-state index contributed by atoms with van der Waals surface area (Å²) in [5.41, 5.74) is 5.85. The average Bonchev–Trinajstić information content (AvgIpc) is 2.83. The molecule has 0 fully saturated rings. The van der Waals surface area contributed by atoms with E-state index in [4.69, 9.17) is 26.1 Å². The summed E-state index contributed by atoms with van der Waals surface area (Å²) in [5.74, 6) is 0.0919. The molecular weight excluding hydrogens is 462 g/mol. The summed E-state index contributed by atoms with van der Waals surface area (Å²) in [5, 5.41) is 1.45. The highest BCUT2D eigenvalue weighted by Gasteiger charge is 2.21. The van der Waals surface area contributed by atoms with E-state index in [1.807, 2.05) is 51.1 Å². The normalized spacial score (nSPS) is 13.3. The Bertz CT molecular complexity index is 1300. The smallest absolute Gasteiger partial charge is 0.309 e. The molecule has 3 rings (SSSR count). The number of para-hydroxylation sites is 1. The maximum Gasteiger partial charge on any atom is 0.309 e. The third-order valence-corrected chi connectivity index (χ3v) is 6.12. The molecule has 184 valence electrons. The monoisotopic (exact) mass is 493 g/mol. The van der Waals surface area contributed by atoms with Crippen molar-refractivity contribution in [3.8, 4) is 5.75 Å². The molecule has 35 heavy (non-hydrogen) atoms. The number of fused-ring (bicyclic) bond motifs is 1. The van der Waals surface area contributed by atoms with Crippen LogP contribution in [0.5, 0.6) is 5.75 Å². The van der Waals surface area contributed by atoms with E-state index >= 15 is 0 Å². The fourth-order valence-corrected chi connectivity index (χ4v) is 4.01. The van der Waals surface area contributed by atoms with Crippen molar-refractivity contribution >= 4 is 34.2 Å². The van der Waals surface area contributed by atoms with Crippen molar-refractivity contribution in [3.05, 3.63) is 75.7 Å². The van der Waals surface area contributed by atoms with Crippen LogP contribution in [0, 0.1) is 12.8 Å². The molecule has 1 unspecified atom stereocenters. The first-order valence-electron chi connectivity index (χ1n) is 11.6. The van der Waals surface area contributed by atoms with Gasteiger partial charge in [-0.15, -0.1) is 0 Å². The van der Waals surface area contributed by atoms with Crippen LogP contribution in [0.4, 0.5) is 0 Å². The quantitative estimate of drug-likeness (QED) is 0.254. The molecule has 0 saturated carbocycles. The lowest BCUT2D eigenvalue weighted by molar-refractivity contribution is -0.152. The summed E-state index contributed by atoms with van der Waals surface area (Å²) in [6.45, 7) is 11.5. The first-order chi connectivity index (χ1) is 16.7. The van der Waals surface area contributed by atoms with Gasteiger partial charge in [0.05, 0.1) is 22.3 Å². The van der Waals surface area contributed by atoms with Gasteiger partial charge in [-0.25, -0.2) is 4.98 Å². The summed E-state index contributed by atoms with van der Waals surface area (Å²) in [4.78, 5) is 25.9. The number of hydrogen-bond acceptors (Lipinski definition) is 6. The summed E-state index contributed by atoms with van der Waals surface area (Å²) >= 11 is 6.52. The molecule has 3 aromatic rings. The minimum Gasteiger partial charge on any atom is -0.486 e. The molecule has 0 aliphatic carbocycles. The molecule has 0 N–H and O–H groups in total. The highest BCUT2D eigenvalue weighted by atomic mass is 35.5. The van der Waals surface area contributed by atoms with Crippen molar-refractivity contribution in [2.24, 2.45) is 10.9 Å². The number of nitrogens with zero attached hydrogens (tertiary/aromatic N) is 3. The lowest BCUT2D eigenvalue weighted by Crippen LogP contribution is -2.17. The van der Waals surface area contributed by atoms with E-state index in [0.717, 1.165) is 33.4 Å². The van der Waals surface area contributed by atoms with Gasteiger partial charge in [-0.1, -0.05) is 43.7 Å². The van der Waals surface area contributed by atoms with E-state index < -0.39 is 6.10 Å². The van der Waals surface area contributed by atoms with Crippen molar-refractivity contribution in [2.75, 3.05) is 7.05 Å². The molecule has 2 heterocycles. The van der Waals surface area contributed by atoms with Crippen LogP contribution < -0.4 is 4.74 Å². The summed E-state index contributed by atoms with van der Waals surface area (Å²) in [6, 6.07) is 9.59. The maximum atomic E-state index is 12.1. The molecule has 0 aliphatic rings. The highest BCUT2D eigenvalue weighted by molar-refractivity contribution is 6.31. The van der Waals surface area contributed by atoms with Crippen molar-refractivity contribution in [1.82, 2.24) is 9.97 Å².